The van der Waals surface area contributed by atoms with Crippen LogP contribution in [0.5, 0.6) is 0 Å². The number of Topliss-reactive ketones (excluding diaryl/α,β-unsaturated/α-hetero) is 1. The van der Waals surface area contributed by atoms with Crippen molar-refractivity contribution in [3.05, 3.63) is 51.2 Å². The number of nitro benzene ring substituents is 1. The van der Waals surface area contributed by atoms with Crippen LogP contribution >= 0.6 is 0 Å². The first-order valence-corrected chi connectivity index (χ1v) is 7.74. The van der Waals surface area contributed by atoms with Crippen LogP contribution in [-0.2, 0) is 4.79 Å². The summed E-state index contributed by atoms with van der Waals surface area (Å²) in [6, 6.07) is 5.11. The Morgan fingerprint density at radius 1 is 1.21 bits per heavy atom. The van der Waals surface area contributed by atoms with Crippen molar-refractivity contribution in [2.24, 2.45) is 5.41 Å². The maximum Gasteiger partial charge on any atom is 0.322 e. The number of nitrogens with one attached hydrogen (secondary N) is 1. The molecule has 0 spiro atoms. The molecule has 3 rings (SSSR count). The predicted octanol–water partition coefficient (Wildman–Crippen LogP) is 2.93. The maximum atomic E-state index is 12.7. The highest BCUT2D eigenvalue weighted by Crippen LogP contribution is 2.43. The van der Waals surface area contributed by atoms with Crippen molar-refractivity contribution in [2.45, 2.75) is 32.7 Å². The molecule has 1 atom stereocenters. The molecule has 1 N–H and O–H groups in total. The SMILES string of the molecule is CN1C(=O)N[C@@H](c2ccc([N+](=O)[O-])cc2)C2=C1CC(C)(C)CC2=O. The first-order chi connectivity index (χ1) is 11.2. The number of carbonyl (C=O) groups excluding carboxylic acids is 2. The van der Waals surface area contributed by atoms with Crippen molar-refractivity contribution in [3.8, 4) is 0 Å². The van der Waals surface area contributed by atoms with Gasteiger partial charge in [0.15, 0.2) is 5.78 Å². The highest BCUT2D eigenvalue weighted by molar-refractivity contribution is 6.01. The average Bonchev–Trinajstić information content (AvgIpc) is 2.50. The van der Waals surface area contributed by atoms with Gasteiger partial charge in [-0.15, -0.1) is 0 Å². The van der Waals surface area contributed by atoms with Crippen LogP contribution in [0.25, 0.3) is 0 Å². The normalized spacial score (nSPS) is 23.0. The molecule has 1 aliphatic heterocycles. The predicted molar refractivity (Wildman–Crippen MR) is 87.2 cm³/mol. The quantitative estimate of drug-likeness (QED) is 0.667. The summed E-state index contributed by atoms with van der Waals surface area (Å²) in [6.45, 7) is 4.02. The Labute approximate surface area is 139 Å². The number of carbonyl (C=O) groups is 2. The maximum absolute atomic E-state index is 12.7. The van der Waals surface area contributed by atoms with E-state index in [1.165, 1.54) is 17.0 Å². The first-order valence-electron chi connectivity index (χ1n) is 7.74. The molecule has 0 unspecified atom stereocenters. The molecular formula is C17H19N3O4. The zero-order valence-electron chi connectivity index (χ0n) is 13.8. The molecule has 1 aromatic carbocycles. The molecule has 1 aliphatic carbocycles. The first kappa shape index (κ1) is 16.2. The van der Waals surface area contributed by atoms with Crippen molar-refractivity contribution in [2.75, 3.05) is 7.05 Å². The Morgan fingerprint density at radius 2 is 1.83 bits per heavy atom. The van der Waals surface area contributed by atoms with Gasteiger partial charge in [-0.05, 0) is 29.5 Å². The lowest BCUT2D eigenvalue weighted by molar-refractivity contribution is -0.384. The third-order valence-electron chi connectivity index (χ3n) is 4.60. The zero-order chi connectivity index (χ0) is 17.6. The zero-order valence-corrected chi connectivity index (χ0v) is 13.8. The van der Waals surface area contributed by atoms with E-state index in [9.17, 15) is 19.7 Å². The molecule has 126 valence electrons. The minimum absolute atomic E-state index is 0.0106. The molecule has 0 radical (unpaired) electrons. The summed E-state index contributed by atoms with van der Waals surface area (Å²) < 4.78 is 0. The molecule has 0 fully saturated rings. The van der Waals surface area contributed by atoms with Crippen LogP contribution < -0.4 is 5.32 Å². The van der Waals surface area contributed by atoms with Crippen LogP contribution in [0.3, 0.4) is 0 Å². The van der Waals surface area contributed by atoms with Gasteiger partial charge in [0.25, 0.3) is 5.69 Å². The summed E-state index contributed by atoms with van der Waals surface area (Å²) in [5.41, 5.74) is 1.78. The van der Waals surface area contributed by atoms with Crippen LogP contribution in [0.4, 0.5) is 10.5 Å². The van der Waals surface area contributed by atoms with Gasteiger partial charge < -0.3 is 10.2 Å². The Kier molecular flexibility index (Phi) is 3.66. The standard InChI is InChI=1S/C17H19N3O4/c1-17(2)8-12-14(13(21)9-17)15(18-16(22)19(12)3)10-4-6-11(7-5-10)20(23)24/h4-7,15H,8-9H2,1-3H3,(H,18,22)/t15-/m0/s1. The molecule has 2 aliphatic rings. The van der Waals surface area contributed by atoms with Gasteiger partial charge in [0.1, 0.15) is 0 Å². The van der Waals surface area contributed by atoms with E-state index >= 15 is 0 Å². The Balaban J connectivity index is 2.07. The van der Waals surface area contributed by atoms with Gasteiger partial charge in [-0.25, -0.2) is 4.79 Å². The molecule has 2 amide bonds. The molecule has 7 heteroatoms. The number of hydrogen-bond acceptors (Lipinski definition) is 4. The van der Waals surface area contributed by atoms with E-state index < -0.39 is 11.0 Å². The molecule has 0 bridgehead atoms. The van der Waals surface area contributed by atoms with Gasteiger partial charge >= 0.3 is 6.03 Å². The van der Waals surface area contributed by atoms with E-state index in [-0.39, 0.29) is 22.9 Å². The van der Waals surface area contributed by atoms with Crippen molar-refractivity contribution in [1.82, 2.24) is 10.2 Å². The fourth-order valence-electron chi connectivity index (χ4n) is 3.38. The second-order valence-electron chi connectivity index (χ2n) is 7.09. The second kappa shape index (κ2) is 5.43. The van der Waals surface area contributed by atoms with Gasteiger partial charge in [0.05, 0.1) is 11.0 Å². The topological polar surface area (TPSA) is 92.6 Å². The minimum atomic E-state index is -0.562. The number of allylic oxidation sites excluding steroid dienone is 1. The largest absolute Gasteiger partial charge is 0.327 e. The number of nitrogens with zero attached hydrogens (tertiary/aromatic N) is 2. The Morgan fingerprint density at radius 3 is 2.42 bits per heavy atom. The van der Waals surface area contributed by atoms with Crippen molar-refractivity contribution in [3.63, 3.8) is 0 Å². The number of rotatable bonds is 2. The number of nitro groups is 1. The van der Waals surface area contributed by atoms with E-state index in [4.69, 9.17) is 0 Å². The second-order valence-corrected chi connectivity index (χ2v) is 7.09. The lowest BCUT2D eigenvalue weighted by Gasteiger charge is -2.42. The third-order valence-corrected chi connectivity index (χ3v) is 4.60. The van der Waals surface area contributed by atoms with Crippen molar-refractivity contribution >= 4 is 17.5 Å². The molecule has 7 nitrogen and oxygen atoms in total. The molecular weight excluding hydrogens is 310 g/mol. The number of benzene rings is 1. The summed E-state index contributed by atoms with van der Waals surface area (Å²) in [6.07, 6.45) is 1.06. The molecule has 1 aromatic rings. The lowest BCUT2D eigenvalue weighted by atomic mass is 9.72. The van der Waals surface area contributed by atoms with Gasteiger partial charge in [0, 0.05) is 36.9 Å². The molecule has 0 saturated carbocycles. The summed E-state index contributed by atoms with van der Waals surface area (Å²) >= 11 is 0. The van der Waals surface area contributed by atoms with Gasteiger partial charge in [-0.3, -0.25) is 14.9 Å². The van der Waals surface area contributed by atoms with Crippen molar-refractivity contribution < 1.29 is 14.5 Å². The van der Waals surface area contributed by atoms with E-state index in [1.807, 2.05) is 13.8 Å². The number of ketones is 1. The van der Waals surface area contributed by atoms with Gasteiger partial charge in [-0.2, -0.15) is 0 Å². The highest BCUT2D eigenvalue weighted by atomic mass is 16.6. The molecule has 1 heterocycles. The fraction of sp³-hybridized carbons (Fsp3) is 0.412. The molecule has 0 saturated heterocycles. The van der Waals surface area contributed by atoms with E-state index in [1.54, 1.807) is 19.2 Å². The van der Waals surface area contributed by atoms with E-state index in [0.717, 1.165) is 5.70 Å². The summed E-state index contributed by atoms with van der Waals surface area (Å²) in [4.78, 5) is 36.8. The van der Waals surface area contributed by atoms with Crippen LogP contribution in [0, 0.1) is 15.5 Å². The minimum Gasteiger partial charge on any atom is -0.327 e. The van der Waals surface area contributed by atoms with Crippen LogP contribution in [-0.4, -0.2) is 28.7 Å². The van der Waals surface area contributed by atoms with Gasteiger partial charge in [0.2, 0.25) is 0 Å². The van der Waals surface area contributed by atoms with Crippen LogP contribution in [0.15, 0.2) is 35.5 Å². The van der Waals surface area contributed by atoms with E-state index in [2.05, 4.69) is 5.32 Å². The number of hydrogen-bond donors (Lipinski definition) is 1. The third kappa shape index (κ3) is 2.66. The summed E-state index contributed by atoms with van der Waals surface area (Å²) in [5.74, 6) is 0.0106. The molecule has 24 heavy (non-hydrogen) atoms. The Bertz CT molecular complexity index is 765. The average molecular weight is 329 g/mol. The lowest BCUT2D eigenvalue weighted by Crippen LogP contribution is -2.49. The monoisotopic (exact) mass is 329 g/mol. The number of urea groups is 1. The fourth-order valence-corrected chi connectivity index (χ4v) is 3.38. The number of amides is 2. The smallest absolute Gasteiger partial charge is 0.322 e. The van der Waals surface area contributed by atoms with Crippen LogP contribution in [0.2, 0.25) is 0 Å². The van der Waals surface area contributed by atoms with E-state index in [0.29, 0.717) is 24.0 Å². The Hall–Kier alpha value is -2.70. The molecule has 0 aromatic heterocycles. The summed E-state index contributed by atoms with van der Waals surface area (Å²) in [7, 11) is 1.66. The highest BCUT2D eigenvalue weighted by Gasteiger charge is 2.42. The number of non-ortho nitro benzene ring substituents is 1. The van der Waals surface area contributed by atoms with Crippen molar-refractivity contribution in [1.29, 1.82) is 0 Å². The van der Waals surface area contributed by atoms with Gasteiger partial charge in [-0.1, -0.05) is 13.8 Å². The van der Waals surface area contributed by atoms with Crippen LogP contribution in [0.1, 0.15) is 38.3 Å². The summed E-state index contributed by atoms with van der Waals surface area (Å²) in [5, 5.41) is 13.6.